The molecule has 3 unspecified atom stereocenters. The number of rotatable bonds is 47. The SMILES string of the molecule is CC/C=C\C/C=C\C/C=C\C/C=C\C/C=C\C/C=C\CCC(=O)OC(CO)COP(=O)(O)OCC(CO)OC(=O)CCCCCCCCCCCCC/C=C\CCCCCCCCCC. The van der Waals surface area contributed by atoms with E-state index in [2.05, 4.69) is 86.8 Å². The molecule has 11 heteroatoms. The Kier molecular flexibility index (Phi) is 46.9. The van der Waals surface area contributed by atoms with Gasteiger partial charge in [0, 0.05) is 12.8 Å². The highest BCUT2D eigenvalue weighted by atomic mass is 31.2. The summed E-state index contributed by atoms with van der Waals surface area (Å²) in [6, 6.07) is 0. The Balaban J connectivity index is 3.92. The molecule has 0 aliphatic heterocycles. The van der Waals surface area contributed by atoms with E-state index in [1.165, 1.54) is 109 Å². The fourth-order valence-corrected chi connectivity index (χ4v) is 7.51. The molecule has 0 spiro atoms. The van der Waals surface area contributed by atoms with Crippen molar-refractivity contribution < 1.29 is 47.8 Å². The van der Waals surface area contributed by atoms with Gasteiger partial charge in [0.25, 0.3) is 0 Å². The second kappa shape index (κ2) is 49.1. The van der Waals surface area contributed by atoms with Crippen molar-refractivity contribution >= 4 is 19.8 Å². The lowest BCUT2D eigenvalue weighted by Crippen LogP contribution is -2.28. The number of carbonyl (C=O) groups is 2. The zero-order chi connectivity index (χ0) is 47.6. The number of phosphoric acid groups is 1. The summed E-state index contributed by atoms with van der Waals surface area (Å²) in [5.41, 5.74) is 0. The van der Waals surface area contributed by atoms with Crippen LogP contribution in [0.3, 0.4) is 0 Å². The summed E-state index contributed by atoms with van der Waals surface area (Å²) in [7, 11) is -4.67. The van der Waals surface area contributed by atoms with Crippen LogP contribution in [-0.2, 0) is 32.7 Å². The number of hydrogen-bond donors (Lipinski definition) is 3. The Morgan fingerprint density at radius 1 is 0.431 bits per heavy atom. The van der Waals surface area contributed by atoms with Gasteiger partial charge in [-0.1, -0.05) is 202 Å². The third kappa shape index (κ3) is 47.4. The first-order valence-corrected chi connectivity index (χ1v) is 27.0. The third-order valence-corrected chi connectivity index (χ3v) is 11.6. The molecule has 3 atom stereocenters. The van der Waals surface area contributed by atoms with Crippen molar-refractivity contribution in [2.75, 3.05) is 26.4 Å². The van der Waals surface area contributed by atoms with Crippen LogP contribution in [0.4, 0.5) is 0 Å². The molecule has 0 saturated heterocycles. The van der Waals surface area contributed by atoms with Crippen LogP contribution in [0.2, 0.25) is 0 Å². The van der Waals surface area contributed by atoms with Crippen LogP contribution < -0.4 is 0 Å². The molecule has 0 fully saturated rings. The summed E-state index contributed by atoms with van der Waals surface area (Å²) >= 11 is 0. The monoisotopic (exact) mass is 933 g/mol. The molecule has 374 valence electrons. The molecule has 0 rings (SSSR count). The van der Waals surface area contributed by atoms with E-state index in [4.69, 9.17) is 18.5 Å². The average molecular weight is 933 g/mol. The van der Waals surface area contributed by atoms with Gasteiger partial charge in [0.2, 0.25) is 0 Å². The minimum atomic E-state index is -4.67. The standard InChI is InChI=1S/C54H93O10P/c1-3-5-7-9-11-13-15-17-19-21-23-24-25-26-28-30-32-34-36-38-40-42-44-46-54(58)64-52(48-56)50-62-65(59,60)61-49-51(47-55)63-53(57)45-43-41-39-37-35-33-31-29-27-22-20-18-16-14-12-10-8-6-4-2/h6,8,12,14,18,20-21,23,27,29,33,35,39,41,51-52,55-56H,3-5,7,9-11,13,15-17,19,22,24-26,28,30-32,34,36-38,40,42-50H2,1-2H3,(H,59,60)/b8-6-,14-12-,20-18-,23-21-,29-27-,35-33-,41-39-. The summed E-state index contributed by atoms with van der Waals surface area (Å²) in [6.07, 6.45) is 60.1. The van der Waals surface area contributed by atoms with E-state index in [-0.39, 0.29) is 12.8 Å². The van der Waals surface area contributed by atoms with Gasteiger partial charge in [-0.2, -0.15) is 0 Å². The Morgan fingerprint density at radius 3 is 1.14 bits per heavy atom. The highest BCUT2D eigenvalue weighted by Crippen LogP contribution is 2.43. The highest BCUT2D eigenvalue weighted by Gasteiger charge is 2.27. The maximum atomic E-state index is 12.4. The zero-order valence-corrected chi connectivity index (χ0v) is 41.8. The van der Waals surface area contributed by atoms with Crippen molar-refractivity contribution in [1.29, 1.82) is 0 Å². The van der Waals surface area contributed by atoms with Crippen LogP contribution in [0.25, 0.3) is 0 Å². The molecule has 0 saturated carbocycles. The summed E-state index contributed by atoms with van der Waals surface area (Å²) in [5, 5.41) is 19.2. The zero-order valence-electron chi connectivity index (χ0n) is 40.9. The molecule has 0 bridgehead atoms. The molecule has 10 nitrogen and oxygen atoms in total. The van der Waals surface area contributed by atoms with Crippen LogP contribution in [0.5, 0.6) is 0 Å². The number of phosphoric ester groups is 1. The molecular weight excluding hydrogens is 840 g/mol. The fourth-order valence-electron chi connectivity index (χ4n) is 6.72. The Bertz CT molecular complexity index is 1350. The lowest BCUT2D eigenvalue weighted by Gasteiger charge is -2.20. The highest BCUT2D eigenvalue weighted by molar-refractivity contribution is 7.47. The fraction of sp³-hybridized carbons (Fsp3) is 0.704. The molecular formula is C54H93O10P. The van der Waals surface area contributed by atoms with Gasteiger partial charge in [-0.3, -0.25) is 18.6 Å². The minimum absolute atomic E-state index is 0.0632. The number of ether oxygens (including phenoxy) is 2. The summed E-state index contributed by atoms with van der Waals surface area (Å²) in [5.74, 6) is -1.11. The van der Waals surface area contributed by atoms with Crippen molar-refractivity contribution in [2.45, 2.75) is 219 Å². The lowest BCUT2D eigenvalue weighted by molar-refractivity contribution is -0.153. The summed E-state index contributed by atoms with van der Waals surface area (Å²) in [6.45, 7) is 2.02. The van der Waals surface area contributed by atoms with Crippen molar-refractivity contribution in [3.05, 3.63) is 85.1 Å². The van der Waals surface area contributed by atoms with Crippen molar-refractivity contribution in [1.82, 2.24) is 0 Å². The second-order valence-corrected chi connectivity index (χ2v) is 18.2. The Hall–Kier alpha value is -2.85. The van der Waals surface area contributed by atoms with Crippen molar-refractivity contribution in [2.24, 2.45) is 0 Å². The third-order valence-electron chi connectivity index (χ3n) is 10.6. The Labute approximate surface area is 396 Å². The maximum Gasteiger partial charge on any atom is 0.472 e. The van der Waals surface area contributed by atoms with Crippen molar-refractivity contribution in [3.8, 4) is 0 Å². The first-order valence-electron chi connectivity index (χ1n) is 25.5. The molecule has 0 aliphatic carbocycles. The maximum absolute atomic E-state index is 12.4. The number of aliphatic hydroxyl groups is 2. The van der Waals surface area contributed by atoms with E-state index in [0.717, 1.165) is 57.8 Å². The van der Waals surface area contributed by atoms with Gasteiger partial charge in [0.15, 0.2) is 0 Å². The summed E-state index contributed by atoms with van der Waals surface area (Å²) in [4.78, 5) is 34.6. The molecule has 3 N–H and O–H groups in total. The van der Waals surface area contributed by atoms with E-state index in [9.17, 15) is 29.3 Å². The van der Waals surface area contributed by atoms with E-state index >= 15 is 0 Å². The predicted octanol–water partition coefficient (Wildman–Crippen LogP) is 14.6. The van der Waals surface area contributed by atoms with E-state index < -0.39 is 58.4 Å². The number of carbonyl (C=O) groups excluding carboxylic acids is 2. The molecule has 0 aliphatic rings. The number of unbranched alkanes of at least 4 members (excludes halogenated alkanes) is 19. The predicted molar refractivity (Wildman–Crippen MR) is 269 cm³/mol. The van der Waals surface area contributed by atoms with Crippen molar-refractivity contribution in [3.63, 3.8) is 0 Å². The molecule has 0 aromatic carbocycles. The number of hydrogen-bond acceptors (Lipinski definition) is 9. The molecule has 0 heterocycles. The minimum Gasteiger partial charge on any atom is -0.457 e. The quantitative estimate of drug-likeness (QED) is 0.0233. The Morgan fingerprint density at radius 2 is 0.754 bits per heavy atom. The van der Waals surface area contributed by atoms with Gasteiger partial charge in [-0.25, -0.2) is 4.57 Å². The normalized spacial score (nSPS) is 14.4. The van der Waals surface area contributed by atoms with Gasteiger partial charge < -0.3 is 24.6 Å². The largest absolute Gasteiger partial charge is 0.472 e. The first kappa shape index (κ1) is 62.1. The van der Waals surface area contributed by atoms with Gasteiger partial charge >= 0.3 is 19.8 Å². The summed E-state index contributed by atoms with van der Waals surface area (Å²) < 4.78 is 32.6. The van der Waals surface area contributed by atoms with Gasteiger partial charge in [0.05, 0.1) is 26.4 Å². The van der Waals surface area contributed by atoms with E-state index in [1.807, 2.05) is 12.2 Å². The van der Waals surface area contributed by atoms with Gasteiger partial charge in [-0.15, -0.1) is 0 Å². The molecule has 0 aromatic rings. The van der Waals surface area contributed by atoms with Crippen LogP contribution >= 0.6 is 7.82 Å². The molecule has 65 heavy (non-hydrogen) atoms. The topological polar surface area (TPSA) is 149 Å². The van der Waals surface area contributed by atoms with Crippen LogP contribution in [0, 0.1) is 0 Å². The molecule has 0 radical (unpaired) electrons. The van der Waals surface area contributed by atoms with Gasteiger partial charge in [0.1, 0.15) is 12.2 Å². The van der Waals surface area contributed by atoms with Crippen LogP contribution in [-0.4, -0.2) is 65.7 Å². The number of esters is 2. The van der Waals surface area contributed by atoms with E-state index in [1.54, 1.807) is 0 Å². The van der Waals surface area contributed by atoms with Gasteiger partial charge in [-0.05, 0) is 77.0 Å². The molecule has 0 aromatic heterocycles. The lowest BCUT2D eigenvalue weighted by atomic mass is 10.0. The number of aliphatic hydroxyl groups excluding tert-OH is 2. The average Bonchev–Trinajstić information content (AvgIpc) is 3.30. The van der Waals surface area contributed by atoms with Crippen LogP contribution in [0.15, 0.2) is 85.1 Å². The van der Waals surface area contributed by atoms with E-state index in [0.29, 0.717) is 12.8 Å². The van der Waals surface area contributed by atoms with Crippen LogP contribution in [0.1, 0.15) is 206 Å². The first-order chi connectivity index (χ1) is 31.8. The smallest absolute Gasteiger partial charge is 0.457 e. The molecule has 0 amide bonds. The second-order valence-electron chi connectivity index (χ2n) is 16.8. The number of allylic oxidation sites excluding steroid dienone is 14.